The average molecular weight is 539 g/mol. The van der Waals surface area contributed by atoms with E-state index in [0.717, 1.165) is 35.1 Å². The van der Waals surface area contributed by atoms with E-state index < -0.39 is 6.10 Å². The van der Waals surface area contributed by atoms with Crippen LogP contribution < -0.4 is 0 Å². The molecule has 4 nitrogen and oxygen atoms in total. The second kappa shape index (κ2) is 16.1. The summed E-state index contributed by atoms with van der Waals surface area (Å²) in [6, 6.07) is 38.9. The van der Waals surface area contributed by atoms with Gasteiger partial charge in [0.15, 0.2) is 0 Å². The Kier molecular flexibility index (Phi) is 12.0. The van der Waals surface area contributed by atoms with Gasteiger partial charge in [-0.05, 0) is 34.2 Å². The van der Waals surface area contributed by atoms with E-state index in [1.807, 2.05) is 86.6 Å². The van der Waals surface area contributed by atoms with Crippen molar-refractivity contribution >= 4 is 0 Å². The molecule has 40 heavy (non-hydrogen) atoms. The van der Waals surface area contributed by atoms with Crippen LogP contribution in [0, 0.1) is 0 Å². The summed E-state index contributed by atoms with van der Waals surface area (Å²) < 4.78 is 18.9. The van der Waals surface area contributed by atoms with Gasteiger partial charge in [-0.2, -0.15) is 0 Å². The number of rotatable bonds is 11. The lowest BCUT2D eigenvalue weighted by atomic mass is 9.90. The molecule has 4 heteroatoms. The monoisotopic (exact) mass is 538 g/mol. The molecule has 0 radical (unpaired) electrons. The Hall–Kier alpha value is -3.28. The van der Waals surface area contributed by atoms with Crippen molar-refractivity contribution in [3.8, 4) is 0 Å². The van der Waals surface area contributed by atoms with Crippen molar-refractivity contribution in [2.45, 2.75) is 70.7 Å². The smallest absolute Gasteiger partial charge is 0.106 e. The van der Waals surface area contributed by atoms with Crippen molar-refractivity contribution in [3.63, 3.8) is 0 Å². The lowest BCUT2D eigenvalue weighted by molar-refractivity contribution is -0.169. The van der Waals surface area contributed by atoms with E-state index in [0.29, 0.717) is 26.2 Å². The number of hydrogen-bond acceptors (Lipinski definition) is 4. The Balaban J connectivity index is 0.00000181. The number of aliphatic hydroxyl groups excluding tert-OH is 1. The first kappa shape index (κ1) is 29.7. The third-order valence-corrected chi connectivity index (χ3v) is 7.10. The molecule has 1 saturated heterocycles. The zero-order chi connectivity index (χ0) is 28.0. The van der Waals surface area contributed by atoms with Gasteiger partial charge in [-0.3, -0.25) is 0 Å². The van der Waals surface area contributed by atoms with Crippen LogP contribution in [0.1, 0.15) is 60.6 Å². The van der Waals surface area contributed by atoms with Gasteiger partial charge in [-0.25, -0.2) is 0 Å². The fourth-order valence-electron chi connectivity index (χ4n) is 5.12. The average Bonchev–Trinajstić information content (AvgIpc) is 3.02. The molecule has 0 spiro atoms. The molecule has 1 aliphatic heterocycles. The van der Waals surface area contributed by atoms with Crippen LogP contribution in [0.2, 0.25) is 0 Å². The van der Waals surface area contributed by atoms with Crippen molar-refractivity contribution < 1.29 is 19.3 Å². The first-order valence-electron chi connectivity index (χ1n) is 14.5. The Labute approximate surface area is 239 Å². The van der Waals surface area contributed by atoms with E-state index in [2.05, 4.69) is 42.5 Å². The topological polar surface area (TPSA) is 47.9 Å². The van der Waals surface area contributed by atoms with Crippen molar-refractivity contribution in [3.05, 3.63) is 143 Å². The summed E-state index contributed by atoms with van der Waals surface area (Å²) in [7, 11) is 0. The normalized spacial score (nSPS) is 19.3. The summed E-state index contributed by atoms with van der Waals surface area (Å²) in [5, 5.41) is 11.6. The molecule has 1 N–H and O–H groups in total. The van der Waals surface area contributed by atoms with Crippen LogP contribution in [0.5, 0.6) is 0 Å². The maximum Gasteiger partial charge on any atom is 0.106 e. The maximum atomic E-state index is 11.6. The molecule has 1 fully saturated rings. The van der Waals surface area contributed by atoms with Gasteiger partial charge in [0.1, 0.15) is 6.10 Å². The van der Waals surface area contributed by atoms with Gasteiger partial charge in [0, 0.05) is 12.8 Å². The Morgan fingerprint density at radius 3 is 1.90 bits per heavy atom. The fraction of sp³-hybridized carbons (Fsp3) is 0.333. The quantitative estimate of drug-likeness (QED) is 0.213. The Morgan fingerprint density at radius 2 is 1.25 bits per heavy atom. The summed E-state index contributed by atoms with van der Waals surface area (Å²) >= 11 is 0. The first-order valence-corrected chi connectivity index (χ1v) is 14.5. The van der Waals surface area contributed by atoms with Crippen LogP contribution in [0.3, 0.4) is 0 Å². The van der Waals surface area contributed by atoms with Crippen LogP contribution in [-0.2, 0) is 33.8 Å². The molecular formula is C36H42O4. The highest BCUT2D eigenvalue weighted by atomic mass is 16.6. The molecule has 210 valence electrons. The van der Waals surface area contributed by atoms with E-state index in [9.17, 15) is 5.11 Å². The highest BCUT2D eigenvalue weighted by Crippen LogP contribution is 2.33. The van der Waals surface area contributed by atoms with Gasteiger partial charge < -0.3 is 19.3 Å². The minimum absolute atomic E-state index is 0.0322. The molecule has 0 aromatic heterocycles. The van der Waals surface area contributed by atoms with Gasteiger partial charge in [0.2, 0.25) is 0 Å². The molecule has 0 saturated carbocycles. The second-order valence-corrected chi connectivity index (χ2v) is 9.99. The largest absolute Gasteiger partial charge is 0.386 e. The van der Waals surface area contributed by atoms with Gasteiger partial charge in [-0.15, -0.1) is 0 Å². The highest BCUT2D eigenvalue weighted by molar-refractivity contribution is 5.34. The summed E-state index contributed by atoms with van der Waals surface area (Å²) in [5.41, 5.74) is 5.51. The molecule has 4 atom stereocenters. The van der Waals surface area contributed by atoms with Gasteiger partial charge in [0.05, 0.1) is 38.1 Å². The van der Waals surface area contributed by atoms with Gasteiger partial charge >= 0.3 is 0 Å². The molecule has 5 rings (SSSR count). The first-order chi connectivity index (χ1) is 19.7. The summed E-state index contributed by atoms with van der Waals surface area (Å²) in [5.74, 6) is 0. The van der Waals surface area contributed by atoms with E-state index in [-0.39, 0.29) is 18.3 Å². The summed E-state index contributed by atoms with van der Waals surface area (Å²) in [6.45, 7) is 5.52. The molecule has 0 amide bonds. The van der Waals surface area contributed by atoms with E-state index in [1.165, 1.54) is 5.56 Å². The van der Waals surface area contributed by atoms with Crippen LogP contribution >= 0.6 is 0 Å². The van der Waals surface area contributed by atoms with Crippen molar-refractivity contribution in [2.75, 3.05) is 6.61 Å². The molecule has 1 aliphatic rings. The van der Waals surface area contributed by atoms with Gasteiger partial charge in [-0.1, -0.05) is 129 Å². The predicted molar refractivity (Wildman–Crippen MR) is 161 cm³/mol. The Morgan fingerprint density at radius 1 is 0.700 bits per heavy atom. The van der Waals surface area contributed by atoms with Crippen LogP contribution in [-0.4, -0.2) is 30.0 Å². The van der Waals surface area contributed by atoms with Crippen molar-refractivity contribution in [2.24, 2.45) is 0 Å². The Bertz CT molecular complexity index is 1230. The molecule has 4 aromatic rings. The molecule has 4 unspecified atom stereocenters. The minimum Gasteiger partial charge on any atom is -0.386 e. The predicted octanol–water partition coefficient (Wildman–Crippen LogP) is 7.69. The van der Waals surface area contributed by atoms with Gasteiger partial charge in [0.25, 0.3) is 0 Å². The minimum atomic E-state index is -0.755. The second-order valence-electron chi connectivity index (χ2n) is 9.99. The van der Waals surface area contributed by atoms with Crippen molar-refractivity contribution in [1.29, 1.82) is 0 Å². The fourth-order valence-corrected chi connectivity index (χ4v) is 5.12. The summed E-state index contributed by atoms with van der Waals surface area (Å²) in [6.07, 6.45) is 0.795. The lowest BCUT2D eigenvalue weighted by Gasteiger charge is -2.38. The third-order valence-electron chi connectivity index (χ3n) is 7.10. The van der Waals surface area contributed by atoms with E-state index in [4.69, 9.17) is 14.2 Å². The number of hydrogen-bond donors (Lipinski definition) is 1. The van der Waals surface area contributed by atoms with E-state index >= 15 is 0 Å². The molecule has 1 heterocycles. The van der Waals surface area contributed by atoms with Crippen LogP contribution in [0.4, 0.5) is 0 Å². The maximum absolute atomic E-state index is 11.6. The summed E-state index contributed by atoms with van der Waals surface area (Å²) in [4.78, 5) is 0. The molecule has 0 bridgehead atoms. The zero-order valence-electron chi connectivity index (χ0n) is 23.7. The standard InChI is InChI=1S/C34H36O4.C2H6/c35-34(32-19-11-10-18-29(32)20-26-12-4-1-5-13-26)33-22-30(37-24-28-16-8-3-9-17-28)21-31(38-33)25-36-23-27-14-6-2-7-15-27;1-2/h1-19,30-31,33-35H,20-25H2;1-2H3. The van der Waals surface area contributed by atoms with E-state index in [1.54, 1.807) is 0 Å². The van der Waals surface area contributed by atoms with Crippen molar-refractivity contribution in [1.82, 2.24) is 0 Å². The SMILES string of the molecule is CC.OC(c1ccccc1Cc1ccccc1)C1CC(OCc2ccccc2)CC(COCc2ccccc2)O1. The zero-order valence-corrected chi connectivity index (χ0v) is 23.7. The third kappa shape index (κ3) is 8.87. The molecular weight excluding hydrogens is 496 g/mol. The number of benzene rings is 4. The highest BCUT2D eigenvalue weighted by Gasteiger charge is 2.35. The molecule has 4 aromatic carbocycles. The lowest BCUT2D eigenvalue weighted by Crippen LogP contribution is -2.42. The molecule has 0 aliphatic carbocycles. The number of aliphatic hydroxyl groups is 1. The van der Waals surface area contributed by atoms with Crippen LogP contribution in [0.25, 0.3) is 0 Å². The number of ether oxygens (including phenoxy) is 3. The van der Waals surface area contributed by atoms with Crippen LogP contribution in [0.15, 0.2) is 115 Å².